The zero-order chi connectivity index (χ0) is 10.8. The minimum atomic E-state index is 0.114. The van der Waals surface area contributed by atoms with Crippen LogP contribution in [0.2, 0.25) is 10.4 Å². The molecule has 0 spiro atoms. The van der Waals surface area contributed by atoms with E-state index in [-0.39, 0.29) is 10.4 Å². The van der Waals surface area contributed by atoms with Gasteiger partial charge in [0.1, 0.15) is 0 Å². The molecule has 1 aliphatic rings. The summed E-state index contributed by atoms with van der Waals surface area (Å²) in [6.45, 7) is 2.12. The van der Waals surface area contributed by atoms with Crippen molar-refractivity contribution in [1.29, 1.82) is 0 Å². The zero-order valence-corrected chi connectivity index (χ0v) is 9.89. The molecule has 0 amide bonds. The molecule has 1 aliphatic carbocycles. The first kappa shape index (κ1) is 10.9. The lowest BCUT2D eigenvalue weighted by Crippen LogP contribution is -2.31. The lowest BCUT2D eigenvalue weighted by molar-refractivity contribution is 0.285. The molecular weight excluding hydrogens is 235 g/mol. The first-order valence-electron chi connectivity index (χ1n) is 4.99. The molecule has 2 rings (SSSR count). The number of nitrogens with zero attached hydrogens (tertiary/aromatic N) is 3. The van der Waals surface area contributed by atoms with Crippen LogP contribution in [-0.2, 0) is 0 Å². The smallest absolute Gasteiger partial charge is 0.245 e. The van der Waals surface area contributed by atoms with Gasteiger partial charge in [-0.05, 0) is 37.3 Å². The minimum absolute atomic E-state index is 0.114. The maximum Gasteiger partial charge on any atom is 0.245 e. The predicted octanol–water partition coefficient (Wildman–Crippen LogP) is 2.78. The highest BCUT2D eigenvalue weighted by atomic mass is 35.5. The normalized spacial score (nSPS) is 18.3. The van der Waals surface area contributed by atoms with E-state index in [2.05, 4.69) is 27.4 Å². The summed E-state index contributed by atoms with van der Waals surface area (Å²) >= 11 is 11.5. The third kappa shape index (κ3) is 2.49. The summed E-state index contributed by atoms with van der Waals surface area (Å²) in [6, 6.07) is 0.351. The Morgan fingerprint density at radius 2 is 2.07 bits per heavy atom. The molecule has 1 unspecified atom stereocenters. The average molecular weight is 247 g/mol. The van der Waals surface area contributed by atoms with E-state index < -0.39 is 0 Å². The van der Waals surface area contributed by atoms with E-state index in [4.69, 9.17) is 23.2 Å². The second-order valence-corrected chi connectivity index (χ2v) is 4.54. The fourth-order valence-electron chi connectivity index (χ4n) is 1.66. The van der Waals surface area contributed by atoms with Gasteiger partial charge in [-0.3, -0.25) is 0 Å². The lowest BCUT2D eigenvalue weighted by Gasteiger charge is -2.32. The van der Waals surface area contributed by atoms with Gasteiger partial charge in [-0.1, -0.05) is 18.0 Å². The van der Waals surface area contributed by atoms with Gasteiger partial charge < -0.3 is 5.32 Å². The molecule has 1 saturated carbocycles. The molecule has 0 radical (unpaired) electrons. The van der Waals surface area contributed by atoms with Gasteiger partial charge in [0.05, 0.1) is 0 Å². The van der Waals surface area contributed by atoms with Crippen molar-refractivity contribution in [1.82, 2.24) is 15.2 Å². The van der Waals surface area contributed by atoms with Crippen molar-refractivity contribution in [3.8, 4) is 0 Å². The second kappa shape index (κ2) is 4.49. The van der Waals surface area contributed by atoms with Crippen LogP contribution in [0.15, 0.2) is 0 Å². The molecule has 1 fully saturated rings. The van der Waals surface area contributed by atoms with Gasteiger partial charge in [-0.2, -0.15) is 4.98 Å². The van der Waals surface area contributed by atoms with Crippen LogP contribution in [0.1, 0.15) is 26.2 Å². The van der Waals surface area contributed by atoms with Crippen molar-refractivity contribution in [3.05, 3.63) is 10.4 Å². The predicted molar refractivity (Wildman–Crippen MR) is 60.3 cm³/mol. The fourth-order valence-corrected chi connectivity index (χ4v) is 1.92. The van der Waals surface area contributed by atoms with Crippen LogP contribution in [-0.4, -0.2) is 21.2 Å². The maximum absolute atomic E-state index is 5.85. The SMILES string of the molecule is CC(Nc1nc(Cl)nnc1Cl)C1CCC1. The summed E-state index contributed by atoms with van der Waals surface area (Å²) in [5.74, 6) is 1.23. The van der Waals surface area contributed by atoms with Gasteiger partial charge in [0.2, 0.25) is 5.28 Å². The number of halogens is 2. The van der Waals surface area contributed by atoms with E-state index in [0.29, 0.717) is 17.8 Å². The Morgan fingerprint density at radius 3 is 2.67 bits per heavy atom. The van der Waals surface area contributed by atoms with Crippen molar-refractivity contribution < 1.29 is 0 Å². The van der Waals surface area contributed by atoms with Crippen LogP contribution in [0, 0.1) is 5.92 Å². The molecule has 82 valence electrons. The number of hydrogen-bond donors (Lipinski definition) is 1. The van der Waals surface area contributed by atoms with Gasteiger partial charge in [0.25, 0.3) is 0 Å². The Morgan fingerprint density at radius 1 is 1.33 bits per heavy atom. The third-order valence-electron chi connectivity index (χ3n) is 2.84. The summed E-state index contributed by atoms with van der Waals surface area (Å²) in [5.41, 5.74) is 0. The minimum Gasteiger partial charge on any atom is -0.365 e. The standard InChI is InChI=1S/C9H12Cl2N4/c1-5(6-3-2-4-6)12-8-7(10)14-15-9(11)13-8/h5-6H,2-4H2,1H3,(H,12,13,15). The molecule has 6 heteroatoms. The van der Waals surface area contributed by atoms with Crippen molar-refractivity contribution in [2.45, 2.75) is 32.2 Å². The molecule has 1 atom stereocenters. The molecule has 1 aromatic heterocycles. The van der Waals surface area contributed by atoms with Crippen LogP contribution in [0.3, 0.4) is 0 Å². The van der Waals surface area contributed by atoms with Crippen LogP contribution in [0.5, 0.6) is 0 Å². The molecule has 15 heavy (non-hydrogen) atoms. The number of rotatable bonds is 3. The number of aromatic nitrogens is 3. The Kier molecular flexibility index (Phi) is 3.26. The van der Waals surface area contributed by atoms with E-state index in [1.54, 1.807) is 0 Å². The van der Waals surface area contributed by atoms with Gasteiger partial charge in [-0.25, -0.2) is 0 Å². The van der Waals surface area contributed by atoms with Gasteiger partial charge in [0.15, 0.2) is 11.0 Å². The van der Waals surface area contributed by atoms with Crippen molar-refractivity contribution in [2.24, 2.45) is 5.92 Å². The molecule has 1 heterocycles. The molecule has 0 aliphatic heterocycles. The van der Waals surface area contributed by atoms with Crippen LogP contribution >= 0.6 is 23.2 Å². The van der Waals surface area contributed by atoms with Gasteiger partial charge in [0, 0.05) is 6.04 Å². The Balaban J connectivity index is 2.05. The maximum atomic E-state index is 5.85. The molecule has 1 aromatic rings. The van der Waals surface area contributed by atoms with E-state index in [1.807, 2.05) is 0 Å². The van der Waals surface area contributed by atoms with Crippen molar-refractivity contribution in [2.75, 3.05) is 5.32 Å². The summed E-state index contributed by atoms with van der Waals surface area (Å²) in [6.07, 6.45) is 3.84. The highest BCUT2D eigenvalue weighted by Gasteiger charge is 2.24. The highest BCUT2D eigenvalue weighted by molar-refractivity contribution is 6.32. The largest absolute Gasteiger partial charge is 0.365 e. The molecule has 0 aromatic carbocycles. The fraction of sp³-hybridized carbons (Fsp3) is 0.667. The second-order valence-electron chi connectivity index (χ2n) is 3.84. The number of nitrogens with one attached hydrogen (secondary N) is 1. The Hall–Kier alpha value is -0.610. The first-order chi connectivity index (χ1) is 7.16. The summed E-state index contributed by atoms with van der Waals surface area (Å²) in [7, 11) is 0. The Labute approximate surface area is 98.4 Å². The summed E-state index contributed by atoms with van der Waals surface area (Å²) in [4.78, 5) is 4.00. The van der Waals surface area contributed by atoms with Gasteiger partial charge >= 0.3 is 0 Å². The van der Waals surface area contributed by atoms with Crippen LogP contribution < -0.4 is 5.32 Å². The van der Waals surface area contributed by atoms with E-state index in [1.165, 1.54) is 19.3 Å². The number of anilines is 1. The first-order valence-corrected chi connectivity index (χ1v) is 5.74. The van der Waals surface area contributed by atoms with Gasteiger partial charge in [-0.15, -0.1) is 10.2 Å². The lowest BCUT2D eigenvalue weighted by atomic mass is 9.80. The molecule has 0 saturated heterocycles. The third-order valence-corrected chi connectivity index (χ3v) is 3.26. The summed E-state index contributed by atoms with van der Waals surface area (Å²) in [5, 5.41) is 10.9. The highest BCUT2D eigenvalue weighted by Crippen LogP contribution is 2.31. The van der Waals surface area contributed by atoms with E-state index in [9.17, 15) is 0 Å². The molecule has 0 bridgehead atoms. The zero-order valence-electron chi connectivity index (χ0n) is 8.37. The molecular formula is C9H12Cl2N4. The quantitative estimate of drug-likeness (QED) is 0.892. The van der Waals surface area contributed by atoms with Crippen LogP contribution in [0.25, 0.3) is 0 Å². The topological polar surface area (TPSA) is 50.7 Å². The number of hydrogen-bond acceptors (Lipinski definition) is 4. The Bertz CT molecular complexity index is 354. The van der Waals surface area contributed by atoms with Crippen LogP contribution in [0.4, 0.5) is 5.82 Å². The van der Waals surface area contributed by atoms with Crippen molar-refractivity contribution in [3.63, 3.8) is 0 Å². The van der Waals surface area contributed by atoms with E-state index >= 15 is 0 Å². The average Bonchev–Trinajstić information content (AvgIpc) is 2.08. The van der Waals surface area contributed by atoms with Crippen molar-refractivity contribution >= 4 is 29.0 Å². The summed E-state index contributed by atoms with van der Waals surface area (Å²) < 4.78 is 0. The molecule has 4 nitrogen and oxygen atoms in total. The monoisotopic (exact) mass is 246 g/mol. The molecule has 1 N–H and O–H groups in total. The van der Waals surface area contributed by atoms with E-state index in [0.717, 1.165) is 0 Å².